The lowest BCUT2D eigenvalue weighted by molar-refractivity contribution is 0.915. The molecule has 0 radical (unpaired) electrons. The van der Waals surface area contributed by atoms with Crippen LogP contribution < -0.4 is 5.56 Å². The van der Waals surface area contributed by atoms with Crippen molar-refractivity contribution in [3.8, 4) is 0 Å². The molecule has 1 aromatic carbocycles. The normalized spacial score (nSPS) is 11.4. The molecule has 0 saturated carbocycles. The summed E-state index contributed by atoms with van der Waals surface area (Å²) in [6.07, 6.45) is 1.74. The molecule has 0 spiro atoms. The van der Waals surface area contributed by atoms with E-state index in [2.05, 4.69) is 4.98 Å². The molecule has 0 amide bonds. The smallest absolute Gasteiger partial charge is 0.260 e. The van der Waals surface area contributed by atoms with E-state index in [9.17, 15) is 4.79 Å². The zero-order valence-electron chi connectivity index (χ0n) is 11.0. The molecular formula is C15H13ClN2O. The van der Waals surface area contributed by atoms with Crippen molar-refractivity contribution in [2.75, 3.05) is 0 Å². The fourth-order valence-corrected chi connectivity index (χ4v) is 2.66. The maximum absolute atomic E-state index is 12.4. The molecule has 3 aromatic rings. The number of aryl methyl sites for hydroxylation is 3. The number of hydrogen-bond donors (Lipinski definition) is 0. The molecule has 0 atom stereocenters. The third kappa shape index (κ3) is 1.65. The summed E-state index contributed by atoms with van der Waals surface area (Å²) in [6.45, 7) is 3.82. The standard InChI is InChI=1S/C15H13ClN2O/c1-8-6-11-10-4-5-17-9(2)14(10)15(19)18(3)13(11)7-12(8)16/h4-7H,1-3H3. The summed E-state index contributed by atoms with van der Waals surface area (Å²) < 4.78 is 1.64. The molecule has 3 rings (SSSR count). The first kappa shape index (κ1) is 12.2. The predicted octanol–water partition coefficient (Wildman–Crippen LogP) is 3.36. The molecule has 0 saturated heterocycles. The van der Waals surface area contributed by atoms with Crippen molar-refractivity contribution in [1.82, 2.24) is 9.55 Å². The molecule has 4 heteroatoms. The summed E-state index contributed by atoms with van der Waals surface area (Å²) in [5.74, 6) is 0. The number of hydrogen-bond acceptors (Lipinski definition) is 2. The first-order valence-corrected chi connectivity index (χ1v) is 6.42. The monoisotopic (exact) mass is 272 g/mol. The molecule has 2 aromatic heterocycles. The Morgan fingerprint density at radius 2 is 1.95 bits per heavy atom. The number of rotatable bonds is 0. The topological polar surface area (TPSA) is 34.9 Å². The Morgan fingerprint density at radius 1 is 1.21 bits per heavy atom. The number of aromatic nitrogens is 2. The van der Waals surface area contributed by atoms with Crippen LogP contribution >= 0.6 is 11.6 Å². The maximum atomic E-state index is 12.4. The van der Waals surface area contributed by atoms with Crippen molar-refractivity contribution in [1.29, 1.82) is 0 Å². The van der Waals surface area contributed by atoms with Crippen LogP contribution in [0.4, 0.5) is 0 Å². The van der Waals surface area contributed by atoms with Crippen LogP contribution in [0.1, 0.15) is 11.3 Å². The highest BCUT2D eigenvalue weighted by Gasteiger charge is 2.12. The van der Waals surface area contributed by atoms with Gasteiger partial charge in [-0.25, -0.2) is 0 Å². The van der Waals surface area contributed by atoms with E-state index in [0.717, 1.165) is 27.5 Å². The molecule has 0 bridgehead atoms. The van der Waals surface area contributed by atoms with E-state index in [4.69, 9.17) is 11.6 Å². The van der Waals surface area contributed by atoms with Crippen LogP contribution in [0.25, 0.3) is 21.7 Å². The van der Waals surface area contributed by atoms with Crippen LogP contribution in [-0.4, -0.2) is 9.55 Å². The second kappa shape index (κ2) is 4.07. The number of benzene rings is 1. The molecule has 3 nitrogen and oxygen atoms in total. The third-order valence-corrected chi connectivity index (χ3v) is 3.99. The zero-order valence-corrected chi connectivity index (χ0v) is 11.7. The molecule has 2 heterocycles. The fourth-order valence-electron chi connectivity index (χ4n) is 2.50. The lowest BCUT2D eigenvalue weighted by Gasteiger charge is -2.11. The van der Waals surface area contributed by atoms with Crippen molar-refractivity contribution >= 4 is 33.3 Å². The minimum atomic E-state index is -0.0342. The lowest BCUT2D eigenvalue weighted by Crippen LogP contribution is -2.18. The van der Waals surface area contributed by atoms with E-state index in [1.807, 2.05) is 32.0 Å². The van der Waals surface area contributed by atoms with Crippen molar-refractivity contribution < 1.29 is 0 Å². The van der Waals surface area contributed by atoms with Crippen molar-refractivity contribution in [3.63, 3.8) is 0 Å². The van der Waals surface area contributed by atoms with Gasteiger partial charge in [0.25, 0.3) is 5.56 Å². The van der Waals surface area contributed by atoms with Crippen molar-refractivity contribution in [2.24, 2.45) is 7.05 Å². The van der Waals surface area contributed by atoms with Gasteiger partial charge in [0.2, 0.25) is 0 Å². The highest BCUT2D eigenvalue weighted by Crippen LogP contribution is 2.28. The summed E-state index contributed by atoms with van der Waals surface area (Å²) in [5.41, 5.74) is 2.57. The minimum Gasteiger partial charge on any atom is -0.311 e. The zero-order chi connectivity index (χ0) is 13.7. The van der Waals surface area contributed by atoms with Gasteiger partial charge in [0, 0.05) is 23.7 Å². The van der Waals surface area contributed by atoms with Gasteiger partial charge in [0.1, 0.15) is 0 Å². The van der Waals surface area contributed by atoms with Crippen LogP contribution in [0, 0.1) is 13.8 Å². The molecule has 96 valence electrons. The Hall–Kier alpha value is -1.87. The summed E-state index contributed by atoms with van der Waals surface area (Å²) >= 11 is 6.17. The Balaban J connectivity index is 2.72. The van der Waals surface area contributed by atoms with Gasteiger partial charge in [0.05, 0.1) is 16.6 Å². The number of halogens is 1. The molecule has 0 aliphatic carbocycles. The third-order valence-electron chi connectivity index (χ3n) is 3.59. The maximum Gasteiger partial charge on any atom is 0.260 e. The summed E-state index contributed by atoms with van der Waals surface area (Å²) in [6, 6.07) is 5.76. The van der Waals surface area contributed by atoms with Gasteiger partial charge in [-0.15, -0.1) is 0 Å². The van der Waals surface area contributed by atoms with E-state index in [1.54, 1.807) is 17.8 Å². The van der Waals surface area contributed by atoms with Crippen molar-refractivity contribution in [3.05, 3.63) is 51.0 Å². The number of pyridine rings is 2. The van der Waals surface area contributed by atoms with E-state index in [0.29, 0.717) is 10.4 Å². The largest absolute Gasteiger partial charge is 0.311 e. The van der Waals surface area contributed by atoms with Crippen LogP contribution in [-0.2, 0) is 7.05 Å². The first-order chi connectivity index (χ1) is 9.00. The summed E-state index contributed by atoms with van der Waals surface area (Å²) in [7, 11) is 1.77. The Labute approximate surface area is 115 Å². The van der Waals surface area contributed by atoms with Gasteiger partial charge in [-0.1, -0.05) is 11.6 Å². The van der Waals surface area contributed by atoms with Crippen LogP contribution in [0.15, 0.2) is 29.2 Å². The van der Waals surface area contributed by atoms with E-state index in [-0.39, 0.29) is 5.56 Å². The average Bonchev–Trinajstić information content (AvgIpc) is 2.38. The second-order valence-corrected chi connectivity index (χ2v) is 5.21. The van der Waals surface area contributed by atoms with Crippen LogP contribution in [0.3, 0.4) is 0 Å². The Bertz CT molecular complexity index is 881. The van der Waals surface area contributed by atoms with E-state index < -0.39 is 0 Å². The van der Waals surface area contributed by atoms with Gasteiger partial charge in [-0.05, 0) is 43.0 Å². The van der Waals surface area contributed by atoms with Gasteiger partial charge in [-0.3, -0.25) is 9.78 Å². The predicted molar refractivity (Wildman–Crippen MR) is 79.0 cm³/mol. The summed E-state index contributed by atoms with van der Waals surface area (Å²) in [5, 5.41) is 3.32. The van der Waals surface area contributed by atoms with Gasteiger partial charge < -0.3 is 4.57 Å². The highest BCUT2D eigenvalue weighted by atomic mass is 35.5. The second-order valence-electron chi connectivity index (χ2n) is 4.80. The van der Waals surface area contributed by atoms with Crippen molar-refractivity contribution in [2.45, 2.75) is 13.8 Å². The molecule has 19 heavy (non-hydrogen) atoms. The Kier molecular flexibility index (Phi) is 2.61. The molecule has 0 aliphatic rings. The van der Waals surface area contributed by atoms with Gasteiger partial charge in [-0.2, -0.15) is 0 Å². The van der Waals surface area contributed by atoms with E-state index in [1.165, 1.54) is 0 Å². The molecule has 0 N–H and O–H groups in total. The van der Waals surface area contributed by atoms with Crippen LogP contribution in [0.2, 0.25) is 5.02 Å². The molecular weight excluding hydrogens is 260 g/mol. The average molecular weight is 273 g/mol. The van der Waals surface area contributed by atoms with Gasteiger partial charge >= 0.3 is 0 Å². The number of fused-ring (bicyclic) bond motifs is 3. The fraction of sp³-hybridized carbons (Fsp3) is 0.200. The van der Waals surface area contributed by atoms with E-state index >= 15 is 0 Å². The molecule has 0 unspecified atom stereocenters. The lowest BCUT2D eigenvalue weighted by atomic mass is 10.0. The quantitative estimate of drug-likeness (QED) is 0.588. The number of nitrogens with zero attached hydrogens (tertiary/aromatic N) is 2. The summed E-state index contributed by atoms with van der Waals surface area (Å²) in [4.78, 5) is 16.7. The molecule has 0 fully saturated rings. The van der Waals surface area contributed by atoms with Gasteiger partial charge in [0.15, 0.2) is 0 Å². The SMILES string of the molecule is Cc1cc2c3ccnc(C)c3c(=O)n(C)c2cc1Cl. The van der Waals surface area contributed by atoms with Crippen LogP contribution in [0.5, 0.6) is 0 Å². The first-order valence-electron chi connectivity index (χ1n) is 6.05. The molecule has 0 aliphatic heterocycles. The highest BCUT2D eigenvalue weighted by molar-refractivity contribution is 6.32. The Morgan fingerprint density at radius 3 is 2.68 bits per heavy atom. The minimum absolute atomic E-state index is 0.0342.